The van der Waals surface area contributed by atoms with E-state index in [2.05, 4.69) is 17.2 Å². The number of cyclic esters (lactones) is 1. The monoisotopic (exact) mass is 261 g/mol. The number of anilines is 1. The van der Waals surface area contributed by atoms with Gasteiger partial charge in [0.25, 0.3) is 0 Å². The first-order chi connectivity index (χ1) is 9.17. The van der Waals surface area contributed by atoms with Crippen molar-refractivity contribution in [2.75, 3.05) is 5.32 Å². The van der Waals surface area contributed by atoms with Gasteiger partial charge in [-0.25, -0.2) is 9.18 Å². The van der Waals surface area contributed by atoms with Gasteiger partial charge in [-0.05, 0) is 25.0 Å². The van der Waals surface area contributed by atoms with Crippen LogP contribution in [-0.2, 0) is 11.3 Å². The number of carbonyl (C=O) groups is 1. The second-order valence-corrected chi connectivity index (χ2v) is 4.66. The van der Waals surface area contributed by atoms with Crippen LogP contribution in [0.15, 0.2) is 12.1 Å². The number of amides is 1. The standard InChI is InChI=1S/C14H12FNO3/c15-11-6-10-12(5-9(11)7-17)16-14(18)19-13(10)4-3-8-1-2-8/h5-6,8,13,17H,1-2,7H2,(H,16,18). The molecule has 5 heteroatoms. The number of fused-ring (bicyclic) bond motifs is 1. The van der Waals surface area contributed by atoms with Gasteiger partial charge in [0.05, 0.1) is 12.3 Å². The number of halogens is 1. The Morgan fingerprint density at radius 3 is 2.89 bits per heavy atom. The van der Waals surface area contributed by atoms with Crippen molar-refractivity contribution >= 4 is 11.8 Å². The topological polar surface area (TPSA) is 58.6 Å². The van der Waals surface area contributed by atoms with Crippen LogP contribution in [0.4, 0.5) is 14.9 Å². The summed E-state index contributed by atoms with van der Waals surface area (Å²) in [5.41, 5.74) is 1.06. The van der Waals surface area contributed by atoms with E-state index >= 15 is 0 Å². The Morgan fingerprint density at radius 1 is 1.42 bits per heavy atom. The van der Waals surface area contributed by atoms with Crippen LogP contribution in [0.25, 0.3) is 0 Å². The van der Waals surface area contributed by atoms with E-state index in [0.717, 1.165) is 12.8 Å². The Morgan fingerprint density at radius 2 is 2.21 bits per heavy atom. The molecule has 0 spiro atoms. The molecule has 1 unspecified atom stereocenters. The molecular formula is C14H12FNO3. The quantitative estimate of drug-likeness (QED) is 0.763. The number of hydrogen-bond acceptors (Lipinski definition) is 3. The summed E-state index contributed by atoms with van der Waals surface area (Å²) in [6, 6.07) is 2.67. The van der Waals surface area contributed by atoms with Crippen LogP contribution >= 0.6 is 0 Å². The molecule has 4 nitrogen and oxygen atoms in total. The molecule has 0 saturated heterocycles. The first-order valence-electron chi connectivity index (χ1n) is 6.09. The summed E-state index contributed by atoms with van der Waals surface area (Å²) < 4.78 is 18.7. The Balaban J connectivity index is 2.00. The molecule has 1 aliphatic heterocycles. The maximum Gasteiger partial charge on any atom is 0.413 e. The van der Waals surface area contributed by atoms with Crippen LogP contribution in [0.1, 0.15) is 30.1 Å². The molecule has 0 radical (unpaired) electrons. The molecule has 19 heavy (non-hydrogen) atoms. The van der Waals surface area contributed by atoms with Gasteiger partial charge >= 0.3 is 6.09 Å². The third kappa shape index (κ3) is 2.40. The molecule has 1 heterocycles. The summed E-state index contributed by atoms with van der Waals surface area (Å²) in [4.78, 5) is 11.4. The van der Waals surface area contributed by atoms with E-state index in [1.54, 1.807) is 0 Å². The van der Waals surface area contributed by atoms with Gasteiger partial charge in [0.1, 0.15) is 5.82 Å². The van der Waals surface area contributed by atoms with Gasteiger partial charge < -0.3 is 9.84 Å². The van der Waals surface area contributed by atoms with E-state index < -0.39 is 24.6 Å². The third-order valence-electron chi connectivity index (χ3n) is 3.13. The summed E-state index contributed by atoms with van der Waals surface area (Å²) in [5, 5.41) is 11.5. The summed E-state index contributed by atoms with van der Waals surface area (Å²) >= 11 is 0. The maximum atomic E-state index is 13.7. The fourth-order valence-corrected chi connectivity index (χ4v) is 1.92. The molecule has 1 atom stereocenters. The zero-order valence-corrected chi connectivity index (χ0v) is 10.1. The molecule has 0 bridgehead atoms. The lowest BCUT2D eigenvalue weighted by molar-refractivity contribution is 0.134. The predicted octanol–water partition coefficient (Wildman–Crippen LogP) is 2.33. The molecule has 1 saturated carbocycles. The highest BCUT2D eigenvalue weighted by atomic mass is 19.1. The van der Waals surface area contributed by atoms with Crippen molar-refractivity contribution < 1.29 is 19.0 Å². The van der Waals surface area contributed by atoms with Crippen LogP contribution in [0.2, 0.25) is 0 Å². The van der Waals surface area contributed by atoms with E-state index in [9.17, 15) is 9.18 Å². The van der Waals surface area contributed by atoms with Crippen molar-refractivity contribution in [3.05, 3.63) is 29.1 Å². The maximum absolute atomic E-state index is 13.7. The molecule has 0 aromatic heterocycles. The van der Waals surface area contributed by atoms with E-state index in [-0.39, 0.29) is 5.56 Å². The molecule has 98 valence electrons. The largest absolute Gasteiger partial charge is 0.428 e. The molecule has 1 aliphatic carbocycles. The summed E-state index contributed by atoms with van der Waals surface area (Å²) in [7, 11) is 0. The Hall–Kier alpha value is -2.06. The minimum absolute atomic E-state index is 0.134. The van der Waals surface area contributed by atoms with Crippen molar-refractivity contribution in [1.82, 2.24) is 0 Å². The van der Waals surface area contributed by atoms with E-state index in [1.165, 1.54) is 12.1 Å². The predicted molar refractivity (Wildman–Crippen MR) is 65.7 cm³/mol. The lowest BCUT2D eigenvalue weighted by Gasteiger charge is -2.23. The first kappa shape index (κ1) is 12.0. The highest BCUT2D eigenvalue weighted by molar-refractivity contribution is 5.88. The van der Waals surface area contributed by atoms with E-state index in [4.69, 9.17) is 9.84 Å². The molecule has 1 aromatic carbocycles. The van der Waals surface area contributed by atoms with Crippen LogP contribution in [-0.4, -0.2) is 11.2 Å². The molecule has 1 aromatic rings. The number of benzene rings is 1. The zero-order valence-electron chi connectivity index (χ0n) is 10.1. The van der Waals surface area contributed by atoms with Gasteiger partial charge in [-0.15, -0.1) is 0 Å². The number of nitrogens with one attached hydrogen (secondary N) is 1. The van der Waals surface area contributed by atoms with E-state index in [1.807, 2.05) is 0 Å². The van der Waals surface area contributed by atoms with Crippen molar-refractivity contribution in [2.45, 2.75) is 25.6 Å². The van der Waals surface area contributed by atoms with Crippen LogP contribution in [0.3, 0.4) is 0 Å². The lowest BCUT2D eigenvalue weighted by atomic mass is 10.0. The van der Waals surface area contributed by atoms with Crippen LogP contribution in [0.5, 0.6) is 0 Å². The molecule has 2 N–H and O–H groups in total. The van der Waals surface area contributed by atoms with Gasteiger partial charge in [0.15, 0.2) is 6.10 Å². The van der Waals surface area contributed by atoms with Crippen LogP contribution in [0, 0.1) is 23.6 Å². The Bertz CT molecular complexity index is 599. The second-order valence-electron chi connectivity index (χ2n) is 4.66. The van der Waals surface area contributed by atoms with Gasteiger partial charge in [-0.3, -0.25) is 5.32 Å². The van der Waals surface area contributed by atoms with Crippen molar-refractivity contribution in [3.8, 4) is 11.8 Å². The second kappa shape index (κ2) is 4.56. The van der Waals surface area contributed by atoms with Crippen LogP contribution < -0.4 is 5.32 Å². The highest BCUT2D eigenvalue weighted by Gasteiger charge is 2.27. The number of carbonyl (C=O) groups excluding carboxylic acids is 1. The zero-order chi connectivity index (χ0) is 13.4. The average molecular weight is 261 g/mol. The molecule has 2 aliphatic rings. The lowest BCUT2D eigenvalue weighted by Crippen LogP contribution is -2.24. The summed E-state index contributed by atoms with van der Waals surface area (Å²) in [6.45, 7) is -0.422. The van der Waals surface area contributed by atoms with Crippen molar-refractivity contribution in [3.63, 3.8) is 0 Å². The summed E-state index contributed by atoms with van der Waals surface area (Å²) in [6.07, 6.45) is 0.775. The van der Waals surface area contributed by atoms with E-state index in [0.29, 0.717) is 17.2 Å². The first-order valence-corrected chi connectivity index (χ1v) is 6.09. The molecule has 3 rings (SSSR count). The average Bonchev–Trinajstić information content (AvgIpc) is 3.20. The molecular weight excluding hydrogens is 249 g/mol. The fourth-order valence-electron chi connectivity index (χ4n) is 1.92. The number of aliphatic hydroxyl groups is 1. The highest BCUT2D eigenvalue weighted by Crippen LogP contribution is 2.34. The molecule has 1 fully saturated rings. The van der Waals surface area contributed by atoms with Gasteiger partial charge in [-0.2, -0.15) is 0 Å². The third-order valence-corrected chi connectivity index (χ3v) is 3.13. The van der Waals surface area contributed by atoms with Gasteiger partial charge in [-0.1, -0.05) is 11.8 Å². The van der Waals surface area contributed by atoms with Gasteiger partial charge in [0.2, 0.25) is 0 Å². The van der Waals surface area contributed by atoms with Crippen molar-refractivity contribution in [2.24, 2.45) is 5.92 Å². The number of rotatable bonds is 1. The fraction of sp³-hybridized carbons (Fsp3) is 0.357. The smallest absolute Gasteiger partial charge is 0.413 e. The Labute approximate surface area is 109 Å². The normalized spacial score (nSPS) is 20.7. The SMILES string of the molecule is O=C1Nc2cc(CO)c(F)cc2C(C#CC2CC2)O1. The Kier molecular flexibility index (Phi) is 2.88. The van der Waals surface area contributed by atoms with Gasteiger partial charge in [0, 0.05) is 17.0 Å². The minimum atomic E-state index is -0.744. The number of ether oxygens (including phenoxy) is 1. The summed E-state index contributed by atoms with van der Waals surface area (Å²) in [5.74, 6) is 5.73. The minimum Gasteiger partial charge on any atom is -0.428 e. The molecule has 1 amide bonds. The number of hydrogen-bond donors (Lipinski definition) is 2. The van der Waals surface area contributed by atoms with Crippen molar-refractivity contribution in [1.29, 1.82) is 0 Å². The number of aliphatic hydroxyl groups excluding tert-OH is 1.